The standard InChI is InChI=1S/C19H18N2O3S/c1-13-8-10-16(11-9-13)25(23,24)21(3)19-17(14(2)22)12-15-6-4-5-7-18(15)20-19/h4-12H,1-3H3. The van der Waals surface area contributed by atoms with Gasteiger partial charge in [0, 0.05) is 12.4 Å². The number of fused-ring (bicyclic) bond motifs is 1. The zero-order chi connectivity index (χ0) is 18.2. The van der Waals surface area contributed by atoms with Crippen LogP contribution in [0.25, 0.3) is 10.9 Å². The molecule has 1 heterocycles. The molecule has 0 spiro atoms. The highest BCUT2D eigenvalue weighted by Crippen LogP contribution is 2.27. The molecular weight excluding hydrogens is 336 g/mol. The topological polar surface area (TPSA) is 67.3 Å². The van der Waals surface area contributed by atoms with Crippen LogP contribution in [0, 0.1) is 6.92 Å². The smallest absolute Gasteiger partial charge is 0.265 e. The van der Waals surface area contributed by atoms with E-state index in [-0.39, 0.29) is 22.1 Å². The lowest BCUT2D eigenvalue weighted by molar-refractivity contribution is 0.101. The summed E-state index contributed by atoms with van der Waals surface area (Å²) in [5.74, 6) is -0.106. The van der Waals surface area contributed by atoms with Gasteiger partial charge in [-0.05, 0) is 38.1 Å². The van der Waals surface area contributed by atoms with Gasteiger partial charge < -0.3 is 0 Å². The van der Waals surface area contributed by atoms with Crippen molar-refractivity contribution in [2.45, 2.75) is 18.7 Å². The predicted octanol–water partition coefficient (Wildman–Crippen LogP) is 3.57. The minimum Gasteiger partial charge on any atom is -0.294 e. The van der Waals surface area contributed by atoms with Gasteiger partial charge in [-0.15, -0.1) is 0 Å². The Morgan fingerprint density at radius 2 is 1.68 bits per heavy atom. The summed E-state index contributed by atoms with van der Waals surface area (Å²) in [6.45, 7) is 3.29. The molecule has 0 atom stereocenters. The normalized spacial score (nSPS) is 11.5. The minimum absolute atomic E-state index is 0.131. The maximum absolute atomic E-state index is 12.9. The van der Waals surface area contributed by atoms with Crippen LogP contribution in [-0.2, 0) is 10.0 Å². The summed E-state index contributed by atoms with van der Waals surface area (Å²) < 4.78 is 26.9. The van der Waals surface area contributed by atoms with Crippen LogP contribution in [0.4, 0.5) is 5.82 Å². The lowest BCUT2D eigenvalue weighted by Gasteiger charge is -2.21. The summed E-state index contributed by atoms with van der Waals surface area (Å²) in [5.41, 5.74) is 1.88. The Morgan fingerprint density at radius 1 is 1.04 bits per heavy atom. The van der Waals surface area contributed by atoms with Gasteiger partial charge >= 0.3 is 0 Å². The van der Waals surface area contributed by atoms with Crippen molar-refractivity contribution in [3.63, 3.8) is 0 Å². The first-order valence-electron chi connectivity index (χ1n) is 7.77. The highest BCUT2D eigenvalue weighted by atomic mass is 32.2. The molecule has 3 aromatic rings. The van der Waals surface area contributed by atoms with E-state index in [0.29, 0.717) is 5.52 Å². The van der Waals surface area contributed by atoms with Gasteiger partial charge in [-0.25, -0.2) is 13.4 Å². The largest absolute Gasteiger partial charge is 0.294 e. The van der Waals surface area contributed by atoms with Gasteiger partial charge in [0.15, 0.2) is 11.6 Å². The van der Waals surface area contributed by atoms with Crippen LogP contribution in [0.15, 0.2) is 59.5 Å². The molecule has 1 aromatic heterocycles. The summed E-state index contributed by atoms with van der Waals surface area (Å²) in [6, 6.07) is 15.6. The third kappa shape index (κ3) is 3.13. The molecule has 0 radical (unpaired) electrons. The molecule has 25 heavy (non-hydrogen) atoms. The van der Waals surface area contributed by atoms with Crippen LogP contribution in [0.2, 0.25) is 0 Å². The Labute approximate surface area is 147 Å². The second kappa shape index (κ2) is 6.29. The van der Waals surface area contributed by atoms with Crippen LogP contribution in [-0.4, -0.2) is 26.2 Å². The van der Waals surface area contributed by atoms with E-state index in [9.17, 15) is 13.2 Å². The van der Waals surface area contributed by atoms with Crippen LogP contribution in [0.3, 0.4) is 0 Å². The molecule has 0 amide bonds. The van der Waals surface area contributed by atoms with Gasteiger partial charge in [-0.2, -0.15) is 0 Å². The number of nitrogens with zero attached hydrogens (tertiary/aromatic N) is 2. The number of rotatable bonds is 4. The van der Waals surface area contributed by atoms with Crippen molar-refractivity contribution in [2.75, 3.05) is 11.4 Å². The van der Waals surface area contributed by atoms with Crippen molar-refractivity contribution >= 4 is 32.5 Å². The minimum atomic E-state index is -3.81. The number of ketones is 1. The average Bonchev–Trinajstić information content (AvgIpc) is 2.60. The molecule has 5 nitrogen and oxygen atoms in total. The number of sulfonamides is 1. The number of hydrogen-bond donors (Lipinski definition) is 0. The zero-order valence-corrected chi connectivity index (χ0v) is 15.0. The fourth-order valence-corrected chi connectivity index (χ4v) is 3.75. The maximum Gasteiger partial charge on any atom is 0.265 e. The number of carbonyl (C=O) groups is 1. The second-order valence-corrected chi connectivity index (χ2v) is 7.86. The number of carbonyl (C=O) groups excluding carboxylic acids is 1. The quantitative estimate of drug-likeness (QED) is 0.672. The Kier molecular flexibility index (Phi) is 4.30. The number of hydrogen-bond acceptors (Lipinski definition) is 4. The van der Waals surface area contributed by atoms with Gasteiger partial charge in [0.2, 0.25) is 0 Å². The van der Waals surface area contributed by atoms with Gasteiger partial charge in [-0.3, -0.25) is 9.10 Å². The number of aromatic nitrogens is 1. The van der Waals surface area contributed by atoms with E-state index >= 15 is 0 Å². The lowest BCUT2D eigenvalue weighted by Crippen LogP contribution is -2.29. The molecule has 6 heteroatoms. The first-order chi connectivity index (χ1) is 11.8. The maximum atomic E-state index is 12.9. The second-order valence-electron chi connectivity index (χ2n) is 5.89. The zero-order valence-electron chi connectivity index (χ0n) is 14.2. The highest BCUT2D eigenvalue weighted by molar-refractivity contribution is 7.92. The molecular formula is C19H18N2O3S. The number of aryl methyl sites for hydroxylation is 1. The molecule has 0 saturated heterocycles. The van der Waals surface area contributed by atoms with Crippen molar-refractivity contribution in [2.24, 2.45) is 0 Å². The van der Waals surface area contributed by atoms with E-state index in [4.69, 9.17) is 0 Å². The molecule has 2 aromatic carbocycles. The van der Waals surface area contributed by atoms with E-state index in [1.165, 1.54) is 14.0 Å². The number of Topliss-reactive ketones (excluding diaryl/α,β-unsaturated/α-hetero) is 1. The Bertz CT molecular complexity index is 1060. The third-order valence-corrected chi connectivity index (χ3v) is 5.82. The molecule has 128 valence electrons. The molecule has 0 aliphatic heterocycles. The van der Waals surface area contributed by atoms with Crippen LogP contribution in [0.1, 0.15) is 22.8 Å². The molecule has 0 N–H and O–H groups in total. The molecule has 0 saturated carbocycles. The summed E-state index contributed by atoms with van der Waals surface area (Å²) >= 11 is 0. The first-order valence-corrected chi connectivity index (χ1v) is 9.21. The van der Waals surface area contributed by atoms with Crippen molar-refractivity contribution in [1.82, 2.24) is 4.98 Å². The van der Waals surface area contributed by atoms with E-state index in [1.54, 1.807) is 36.4 Å². The monoisotopic (exact) mass is 354 g/mol. The van der Waals surface area contributed by atoms with Crippen molar-refractivity contribution < 1.29 is 13.2 Å². The predicted molar refractivity (Wildman–Crippen MR) is 98.5 cm³/mol. The number of pyridine rings is 1. The van der Waals surface area contributed by atoms with Gasteiger partial charge in [0.25, 0.3) is 10.0 Å². The Hall–Kier alpha value is -2.73. The van der Waals surface area contributed by atoms with Gasteiger partial charge in [0.05, 0.1) is 16.0 Å². The van der Waals surface area contributed by atoms with Crippen LogP contribution >= 0.6 is 0 Å². The van der Waals surface area contributed by atoms with Crippen molar-refractivity contribution in [3.05, 3.63) is 65.7 Å². The van der Waals surface area contributed by atoms with Crippen molar-refractivity contribution in [1.29, 1.82) is 0 Å². The van der Waals surface area contributed by atoms with E-state index in [1.807, 2.05) is 25.1 Å². The van der Waals surface area contributed by atoms with E-state index in [0.717, 1.165) is 15.3 Å². The summed E-state index contributed by atoms with van der Waals surface area (Å²) in [6.07, 6.45) is 0. The number of para-hydroxylation sites is 1. The molecule has 3 rings (SSSR count). The highest BCUT2D eigenvalue weighted by Gasteiger charge is 2.26. The summed E-state index contributed by atoms with van der Waals surface area (Å²) in [7, 11) is -2.40. The SMILES string of the molecule is CC(=O)c1cc2ccccc2nc1N(C)S(=O)(=O)c1ccc(C)cc1. The fraction of sp³-hybridized carbons (Fsp3) is 0.158. The molecule has 0 aliphatic rings. The molecule has 0 fully saturated rings. The van der Waals surface area contributed by atoms with E-state index in [2.05, 4.69) is 4.98 Å². The first kappa shape index (κ1) is 17.1. The average molecular weight is 354 g/mol. The summed E-state index contributed by atoms with van der Waals surface area (Å²) in [4.78, 5) is 16.7. The number of benzene rings is 2. The van der Waals surface area contributed by atoms with E-state index < -0.39 is 10.0 Å². The molecule has 0 bridgehead atoms. The fourth-order valence-electron chi connectivity index (χ4n) is 2.59. The van der Waals surface area contributed by atoms with Crippen LogP contribution in [0.5, 0.6) is 0 Å². The van der Waals surface area contributed by atoms with Gasteiger partial charge in [-0.1, -0.05) is 35.9 Å². The Morgan fingerprint density at radius 3 is 2.32 bits per heavy atom. The van der Waals surface area contributed by atoms with Gasteiger partial charge in [0.1, 0.15) is 0 Å². The Balaban J connectivity index is 2.18. The molecule has 0 unspecified atom stereocenters. The summed E-state index contributed by atoms with van der Waals surface area (Å²) in [5, 5.41) is 0.789. The third-order valence-electron chi connectivity index (χ3n) is 4.06. The van der Waals surface area contributed by atoms with Crippen molar-refractivity contribution in [3.8, 4) is 0 Å². The molecule has 0 aliphatic carbocycles. The van der Waals surface area contributed by atoms with Crippen LogP contribution < -0.4 is 4.31 Å². The lowest BCUT2D eigenvalue weighted by atomic mass is 10.1. The number of anilines is 1.